The number of benzene rings is 2. The molecule has 0 spiro atoms. The highest BCUT2D eigenvalue weighted by molar-refractivity contribution is 6.31. The molecule has 0 saturated heterocycles. The van der Waals surface area contributed by atoms with E-state index in [1.165, 1.54) is 48.2 Å². The number of amides is 1. The van der Waals surface area contributed by atoms with E-state index < -0.39 is 11.7 Å². The van der Waals surface area contributed by atoms with Gasteiger partial charge in [-0.25, -0.2) is 4.39 Å². The lowest BCUT2D eigenvalue weighted by Gasteiger charge is -2.13. The molecule has 0 saturated carbocycles. The van der Waals surface area contributed by atoms with Crippen LogP contribution in [0, 0.1) is 12.7 Å². The number of carbonyl (C=O) groups excluding carboxylic acids is 1. The van der Waals surface area contributed by atoms with Gasteiger partial charge in [0.15, 0.2) is 5.82 Å². The molecule has 0 atom stereocenters. The fraction of sp³-hybridized carbons (Fsp3) is 0.100. The van der Waals surface area contributed by atoms with Crippen molar-refractivity contribution in [2.45, 2.75) is 6.92 Å². The van der Waals surface area contributed by atoms with Crippen LogP contribution in [0.2, 0.25) is 5.02 Å². The summed E-state index contributed by atoms with van der Waals surface area (Å²) >= 11 is 5.73. The van der Waals surface area contributed by atoms with Gasteiger partial charge in [0.2, 0.25) is 0 Å². The second kappa shape index (κ2) is 7.63. The Morgan fingerprint density at radius 1 is 1.19 bits per heavy atom. The van der Waals surface area contributed by atoms with Gasteiger partial charge in [0.1, 0.15) is 5.75 Å². The summed E-state index contributed by atoms with van der Waals surface area (Å²) in [7, 11) is 1.50. The van der Waals surface area contributed by atoms with E-state index in [0.717, 1.165) is 5.56 Å². The molecule has 0 aliphatic carbocycles. The summed E-state index contributed by atoms with van der Waals surface area (Å²) in [5.74, 6) is -0.807. The van der Waals surface area contributed by atoms with E-state index in [1.54, 1.807) is 12.1 Å². The first-order chi connectivity index (χ1) is 12.9. The molecular weight excluding hydrogens is 371 g/mol. The molecule has 27 heavy (non-hydrogen) atoms. The van der Waals surface area contributed by atoms with Crippen LogP contribution in [-0.4, -0.2) is 17.6 Å². The molecule has 3 aromatic rings. The Kier molecular flexibility index (Phi) is 5.28. The van der Waals surface area contributed by atoms with E-state index in [4.69, 9.17) is 16.3 Å². The minimum Gasteiger partial charge on any atom is -0.495 e. The maximum atomic E-state index is 14.0. The second-order valence-corrected chi connectivity index (χ2v) is 6.26. The first kappa shape index (κ1) is 18.7. The first-order valence-corrected chi connectivity index (χ1v) is 8.41. The number of aryl methyl sites for hydroxylation is 1. The van der Waals surface area contributed by atoms with Crippen molar-refractivity contribution in [1.82, 2.24) is 4.57 Å². The van der Waals surface area contributed by atoms with Gasteiger partial charge in [-0.1, -0.05) is 23.7 Å². The third kappa shape index (κ3) is 3.85. The van der Waals surface area contributed by atoms with Gasteiger partial charge in [-0.05, 0) is 42.8 Å². The lowest BCUT2D eigenvalue weighted by molar-refractivity contribution is 0.102. The van der Waals surface area contributed by atoms with Crippen molar-refractivity contribution in [2.75, 3.05) is 12.4 Å². The van der Waals surface area contributed by atoms with E-state index in [2.05, 4.69) is 5.32 Å². The molecule has 1 amide bonds. The van der Waals surface area contributed by atoms with Gasteiger partial charge in [0.25, 0.3) is 11.5 Å². The standard InChI is InChI=1S/C20H16ClFN2O3/c1-12-6-8-17(27-2)16(10-12)24-11-13(7-9-18(24)25)20(26)23-15-5-3-4-14(21)19(15)22/h3-11H,1-2H3,(H,23,26). The number of rotatable bonds is 4. The van der Waals surface area contributed by atoms with Gasteiger partial charge in [-0.15, -0.1) is 0 Å². The molecule has 2 aromatic carbocycles. The monoisotopic (exact) mass is 386 g/mol. The Bertz CT molecular complexity index is 1080. The third-order valence-corrected chi connectivity index (χ3v) is 4.26. The fourth-order valence-corrected chi connectivity index (χ4v) is 2.77. The van der Waals surface area contributed by atoms with Crippen LogP contribution in [0.1, 0.15) is 15.9 Å². The average molecular weight is 387 g/mol. The topological polar surface area (TPSA) is 60.3 Å². The Balaban J connectivity index is 2.01. The van der Waals surface area contributed by atoms with Crippen molar-refractivity contribution in [1.29, 1.82) is 0 Å². The van der Waals surface area contributed by atoms with Crippen LogP contribution in [0.5, 0.6) is 5.75 Å². The van der Waals surface area contributed by atoms with Crippen LogP contribution in [0.4, 0.5) is 10.1 Å². The summed E-state index contributed by atoms with van der Waals surface area (Å²) in [6, 6.07) is 12.3. The van der Waals surface area contributed by atoms with Crippen LogP contribution < -0.4 is 15.6 Å². The molecule has 0 radical (unpaired) electrons. The lowest BCUT2D eigenvalue weighted by Crippen LogP contribution is -2.21. The third-order valence-electron chi connectivity index (χ3n) is 3.97. The van der Waals surface area contributed by atoms with Gasteiger partial charge in [0, 0.05) is 12.3 Å². The zero-order valence-electron chi connectivity index (χ0n) is 14.6. The quantitative estimate of drug-likeness (QED) is 0.731. The summed E-state index contributed by atoms with van der Waals surface area (Å²) in [5, 5.41) is 2.37. The lowest BCUT2D eigenvalue weighted by atomic mass is 10.2. The number of hydrogen-bond acceptors (Lipinski definition) is 3. The molecule has 3 rings (SSSR count). The predicted molar refractivity (Wildman–Crippen MR) is 103 cm³/mol. The minimum atomic E-state index is -0.721. The predicted octanol–water partition coefficient (Wildman–Crippen LogP) is 4.20. The number of carbonyl (C=O) groups is 1. The fourth-order valence-electron chi connectivity index (χ4n) is 2.59. The Labute approximate surface area is 160 Å². The van der Waals surface area contributed by atoms with E-state index in [0.29, 0.717) is 11.4 Å². The number of pyridine rings is 1. The Morgan fingerprint density at radius 2 is 1.96 bits per heavy atom. The van der Waals surface area contributed by atoms with Crippen molar-refractivity contribution in [3.05, 3.63) is 87.0 Å². The summed E-state index contributed by atoms with van der Waals surface area (Å²) in [6.45, 7) is 1.88. The summed E-state index contributed by atoms with van der Waals surface area (Å²) in [6.07, 6.45) is 1.39. The molecule has 0 fully saturated rings. The molecule has 1 aromatic heterocycles. The van der Waals surface area contributed by atoms with Gasteiger partial charge in [-0.2, -0.15) is 0 Å². The van der Waals surface area contributed by atoms with Gasteiger partial charge in [0.05, 0.1) is 29.1 Å². The number of nitrogens with one attached hydrogen (secondary N) is 1. The van der Waals surface area contributed by atoms with Crippen LogP contribution in [-0.2, 0) is 0 Å². The maximum absolute atomic E-state index is 14.0. The summed E-state index contributed by atoms with van der Waals surface area (Å²) < 4.78 is 20.6. The molecule has 5 nitrogen and oxygen atoms in total. The van der Waals surface area contributed by atoms with Crippen molar-refractivity contribution in [3.8, 4) is 11.4 Å². The summed E-state index contributed by atoms with van der Waals surface area (Å²) in [5.41, 5.74) is 1.24. The first-order valence-electron chi connectivity index (χ1n) is 8.04. The molecule has 0 bridgehead atoms. The number of methoxy groups -OCH3 is 1. The van der Waals surface area contributed by atoms with E-state index in [9.17, 15) is 14.0 Å². The van der Waals surface area contributed by atoms with Crippen LogP contribution in [0.15, 0.2) is 59.5 Å². The number of anilines is 1. The SMILES string of the molecule is COc1ccc(C)cc1-n1cc(C(=O)Nc2cccc(Cl)c2F)ccc1=O. The van der Waals surface area contributed by atoms with Crippen LogP contribution in [0.3, 0.4) is 0 Å². The van der Waals surface area contributed by atoms with E-state index in [1.807, 2.05) is 13.0 Å². The molecule has 7 heteroatoms. The second-order valence-electron chi connectivity index (χ2n) is 5.86. The van der Waals surface area contributed by atoms with Crippen LogP contribution >= 0.6 is 11.6 Å². The minimum absolute atomic E-state index is 0.0432. The zero-order valence-corrected chi connectivity index (χ0v) is 15.4. The molecule has 0 aliphatic heterocycles. The highest BCUT2D eigenvalue weighted by Crippen LogP contribution is 2.24. The number of ether oxygens (including phenoxy) is 1. The Morgan fingerprint density at radius 3 is 2.70 bits per heavy atom. The summed E-state index contributed by atoms with van der Waals surface area (Å²) in [4.78, 5) is 24.9. The molecule has 1 heterocycles. The number of hydrogen-bond donors (Lipinski definition) is 1. The molecule has 0 unspecified atom stereocenters. The maximum Gasteiger partial charge on any atom is 0.257 e. The van der Waals surface area contributed by atoms with Crippen molar-refractivity contribution in [2.24, 2.45) is 0 Å². The van der Waals surface area contributed by atoms with Crippen molar-refractivity contribution in [3.63, 3.8) is 0 Å². The van der Waals surface area contributed by atoms with Gasteiger partial charge in [-0.3, -0.25) is 14.2 Å². The highest BCUT2D eigenvalue weighted by atomic mass is 35.5. The van der Waals surface area contributed by atoms with Crippen molar-refractivity contribution >= 4 is 23.2 Å². The van der Waals surface area contributed by atoms with E-state index in [-0.39, 0.29) is 21.8 Å². The zero-order chi connectivity index (χ0) is 19.6. The Hall–Kier alpha value is -3.12. The molecular formula is C20H16ClFN2O3. The molecule has 1 N–H and O–H groups in total. The van der Waals surface area contributed by atoms with Gasteiger partial charge >= 0.3 is 0 Å². The molecule has 0 aliphatic rings. The highest BCUT2D eigenvalue weighted by Gasteiger charge is 2.14. The van der Waals surface area contributed by atoms with Crippen molar-refractivity contribution < 1.29 is 13.9 Å². The normalized spacial score (nSPS) is 10.5. The molecule has 138 valence electrons. The van der Waals surface area contributed by atoms with Crippen LogP contribution in [0.25, 0.3) is 5.69 Å². The smallest absolute Gasteiger partial charge is 0.257 e. The number of aromatic nitrogens is 1. The largest absolute Gasteiger partial charge is 0.495 e. The van der Waals surface area contributed by atoms with E-state index >= 15 is 0 Å². The number of halogens is 2. The number of nitrogens with zero attached hydrogens (tertiary/aromatic N) is 1. The average Bonchev–Trinajstić information content (AvgIpc) is 2.65. The van der Waals surface area contributed by atoms with Gasteiger partial charge < -0.3 is 10.1 Å².